The minimum atomic E-state index is -0.797. The van der Waals surface area contributed by atoms with E-state index in [0.29, 0.717) is 19.4 Å². The molecule has 1 amide bonds. The molecular formula is C20H30N2O3. The van der Waals surface area contributed by atoms with Gasteiger partial charge in [-0.05, 0) is 43.4 Å². The highest BCUT2D eigenvalue weighted by Crippen LogP contribution is 2.33. The first kappa shape index (κ1) is 18.2. The van der Waals surface area contributed by atoms with Crippen LogP contribution in [0.25, 0.3) is 0 Å². The monoisotopic (exact) mass is 346 g/mol. The van der Waals surface area contributed by atoms with Crippen LogP contribution in [0.15, 0.2) is 24.3 Å². The minimum Gasteiger partial charge on any atom is -0.497 e. The molecule has 0 unspecified atom stereocenters. The van der Waals surface area contributed by atoms with E-state index >= 15 is 0 Å². The Labute approximate surface area is 150 Å². The molecular weight excluding hydrogens is 316 g/mol. The normalized spacial score (nSPS) is 21.6. The lowest BCUT2D eigenvalue weighted by atomic mass is 9.84. The van der Waals surface area contributed by atoms with Crippen molar-refractivity contribution in [3.63, 3.8) is 0 Å². The number of likely N-dealkylation sites (tertiary alicyclic amines) is 2. The van der Waals surface area contributed by atoms with Crippen LogP contribution in [0.3, 0.4) is 0 Å². The molecule has 2 heterocycles. The number of ether oxygens (including phenoxy) is 1. The van der Waals surface area contributed by atoms with Gasteiger partial charge in [0.05, 0.1) is 19.3 Å². The molecule has 25 heavy (non-hydrogen) atoms. The van der Waals surface area contributed by atoms with Crippen molar-refractivity contribution in [3.05, 3.63) is 29.8 Å². The van der Waals surface area contributed by atoms with E-state index in [-0.39, 0.29) is 5.91 Å². The third-order valence-electron chi connectivity index (χ3n) is 5.63. The van der Waals surface area contributed by atoms with Gasteiger partial charge in [0.1, 0.15) is 5.75 Å². The van der Waals surface area contributed by atoms with Crippen molar-refractivity contribution in [2.45, 2.75) is 44.1 Å². The fourth-order valence-corrected chi connectivity index (χ4v) is 3.88. The van der Waals surface area contributed by atoms with E-state index in [1.807, 2.05) is 29.2 Å². The quantitative estimate of drug-likeness (QED) is 0.909. The smallest absolute Gasteiger partial charge is 0.236 e. The van der Waals surface area contributed by atoms with Crippen molar-refractivity contribution in [1.82, 2.24) is 9.80 Å². The van der Waals surface area contributed by atoms with Gasteiger partial charge in [-0.2, -0.15) is 0 Å². The van der Waals surface area contributed by atoms with Crippen molar-refractivity contribution in [2.75, 3.05) is 39.8 Å². The van der Waals surface area contributed by atoms with Gasteiger partial charge in [0.25, 0.3) is 0 Å². The van der Waals surface area contributed by atoms with E-state index in [1.165, 1.54) is 12.8 Å². The number of hydrogen-bond acceptors (Lipinski definition) is 4. The number of benzene rings is 1. The van der Waals surface area contributed by atoms with Crippen LogP contribution in [0.1, 0.15) is 44.1 Å². The molecule has 0 saturated carbocycles. The Morgan fingerprint density at radius 1 is 1.04 bits per heavy atom. The van der Waals surface area contributed by atoms with Crippen molar-refractivity contribution in [3.8, 4) is 5.75 Å². The van der Waals surface area contributed by atoms with Crippen molar-refractivity contribution >= 4 is 5.91 Å². The number of nitrogens with zero attached hydrogens (tertiary/aromatic N) is 2. The highest BCUT2D eigenvalue weighted by molar-refractivity contribution is 5.78. The summed E-state index contributed by atoms with van der Waals surface area (Å²) in [5.41, 5.74) is 0.140. The van der Waals surface area contributed by atoms with Crippen LogP contribution in [0.5, 0.6) is 5.75 Å². The summed E-state index contributed by atoms with van der Waals surface area (Å²) >= 11 is 0. The second-order valence-corrected chi connectivity index (χ2v) is 7.33. The van der Waals surface area contributed by atoms with Gasteiger partial charge in [0.2, 0.25) is 5.91 Å². The van der Waals surface area contributed by atoms with Gasteiger partial charge in [-0.15, -0.1) is 0 Å². The Kier molecular flexibility index (Phi) is 5.97. The van der Waals surface area contributed by atoms with Crippen LogP contribution in [0, 0.1) is 0 Å². The zero-order valence-electron chi connectivity index (χ0n) is 15.2. The molecule has 1 N–H and O–H groups in total. The summed E-state index contributed by atoms with van der Waals surface area (Å²) in [6.07, 6.45) is 6.05. The van der Waals surface area contributed by atoms with E-state index in [0.717, 1.165) is 50.3 Å². The average molecular weight is 346 g/mol. The van der Waals surface area contributed by atoms with Crippen molar-refractivity contribution in [2.24, 2.45) is 0 Å². The maximum absolute atomic E-state index is 12.5. The van der Waals surface area contributed by atoms with Crippen LogP contribution in [-0.2, 0) is 10.4 Å². The fraction of sp³-hybridized carbons (Fsp3) is 0.650. The molecule has 0 aromatic heterocycles. The first-order valence-corrected chi connectivity index (χ1v) is 9.48. The molecule has 2 aliphatic heterocycles. The molecule has 2 aliphatic rings. The number of methoxy groups -OCH3 is 1. The van der Waals surface area contributed by atoms with Crippen molar-refractivity contribution < 1.29 is 14.6 Å². The molecule has 2 fully saturated rings. The van der Waals surface area contributed by atoms with Gasteiger partial charge in [-0.25, -0.2) is 0 Å². The fourth-order valence-electron chi connectivity index (χ4n) is 3.88. The lowest BCUT2D eigenvalue weighted by Gasteiger charge is -2.39. The predicted molar refractivity (Wildman–Crippen MR) is 97.6 cm³/mol. The Hall–Kier alpha value is -1.59. The van der Waals surface area contributed by atoms with Gasteiger partial charge < -0.3 is 14.7 Å². The van der Waals surface area contributed by atoms with Crippen LogP contribution in [0.4, 0.5) is 0 Å². The SMILES string of the molecule is COc1ccc(C2(O)CCN(CC(=O)N3CCCCCC3)CC2)cc1. The van der Waals surface area contributed by atoms with Crippen molar-refractivity contribution in [1.29, 1.82) is 0 Å². The lowest BCUT2D eigenvalue weighted by molar-refractivity contribution is -0.133. The molecule has 138 valence electrons. The maximum Gasteiger partial charge on any atom is 0.236 e. The molecule has 0 aliphatic carbocycles. The van der Waals surface area contributed by atoms with Gasteiger partial charge in [0.15, 0.2) is 0 Å². The summed E-state index contributed by atoms with van der Waals surface area (Å²) in [5.74, 6) is 1.05. The summed E-state index contributed by atoms with van der Waals surface area (Å²) in [5, 5.41) is 11.0. The van der Waals surface area contributed by atoms with E-state index in [9.17, 15) is 9.90 Å². The summed E-state index contributed by atoms with van der Waals surface area (Å²) in [6.45, 7) is 3.80. The molecule has 1 aromatic rings. The lowest BCUT2D eigenvalue weighted by Crippen LogP contribution is -2.47. The zero-order valence-corrected chi connectivity index (χ0v) is 15.2. The van der Waals surface area contributed by atoms with E-state index in [2.05, 4.69) is 4.90 Å². The number of hydrogen-bond donors (Lipinski definition) is 1. The number of amides is 1. The van der Waals surface area contributed by atoms with E-state index in [1.54, 1.807) is 7.11 Å². The number of carbonyl (C=O) groups is 1. The number of aliphatic hydroxyl groups is 1. The molecule has 5 nitrogen and oxygen atoms in total. The third-order valence-corrected chi connectivity index (χ3v) is 5.63. The van der Waals surface area contributed by atoms with Gasteiger partial charge >= 0.3 is 0 Å². The van der Waals surface area contributed by atoms with Crippen LogP contribution >= 0.6 is 0 Å². The zero-order chi connectivity index (χ0) is 17.7. The second-order valence-electron chi connectivity index (χ2n) is 7.33. The molecule has 3 rings (SSSR count). The molecule has 0 spiro atoms. The van der Waals surface area contributed by atoms with E-state index in [4.69, 9.17) is 4.74 Å². The summed E-state index contributed by atoms with van der Waals surface area (Å²) < 4.78 is 5.18. The molecule has 2 saturated heterocycles. The largest absolute Gasteiger partial charge is 0.497 e. The highest BCUT2D eigenvalue weighted by atomic mass is 16.5. The molecule has 0 bridgehead atoms. The van der Waals surface area contributed by atoms with Crippen LogP contribution in [-0.4, -0.2) is 60.6 Å². The predicted octanol–water partition coefficient (Wildman–Crippen LogP) is 2.38. The Bertz CT molecular complexity index is 557. The Morgan fingerprint density at radius 2 is 1.64 bits per heavy atom. The molecule has 5 heteroatoms. The maximum atomic E-state index is 12.5. The number of rotatable bonds is 4. The summed E-state index contributed by atoms with van der Waals surface area (Å²) in [4.78, 5) is 16.7. The number of piperidine rings is 1. The average Bonchev–Trinajstić information content (AvgIpc) is 2.93. The number of carbonyl (C=O) groups excluding carboxylic acids is 1. The Balaban J connectivity index is 1.52. The first-order valence-electron chi connectivity index (χ1n) is 9.48. The van der Waals surface area contributed by atoms with Gasteiger partial charge in [-0.1, -0.05) is 25.0 Å². The minimum absolute atomic E-state index is 0.247. The van der Waals surface area contributed by atoms with Crippen LogP contribution in [0.2, 0.25) is 0 Å². The van der Waals surface area contributed by atoms with E-state index < -0.39 is 5.60 Å². The Morgan fingerprint density at radius 3 is 2.20 bits per heavy atom. The molecule has 1 aromatic carbocycles. The standard InChI is InChI=1S/C20H30N2O3/c1-25-18-8-6-17(7-9-18)20(24)10-14-21(15-11-20)16-19(23)22-12-4-2-3-5-13-22/h6-9,24H,2-5,10-16H2,1H3. The molecule has 0 atom stereocenters. The second kappa shape index (κ2) is 8.19. The molecule has 0 radical (unpaired) electrons. The highest BCUT2D eigenvalue weighted by Gasteiger charge is 2.34. The summed E-state index contributed by atoms with van der Waals surface area (Å²) in [6, 6.07) is 7.67. The van der Waals surface area contributed by atoms with Crippen LogP contribution < -0.4 is 4.74 Å². The topological polar surface area (TPSA) is 53.0 Å². The first-order chi connectivity index (χ1) is 12.1. The van der Waals surface area contributed by atoms with Gasteiger partial charge in [0, 0.05) is 26.2 Å². The third kappa shape index (κ3) is 4.53. The van der Waals surface area contributed by atoms with Gasteiger partial charge in [-0.3, -0.25) is 9.69 Å². The summed E-state index contributed by atoms with van der Waals surface area (Å²) in [7, 11) is 1.64.